The molecule has 0 aliphatic heterocycles. The van der Waals surface area contributed by atoms with E-state index in [9.17, 15) is 14.0 Å². The summed E-state index contributed by atoms with van der Waals surface area (Å²) in [7, 11) is 3.89. The summed E-state index contributed by atoms with van der Waals surface area (Å²) in [6.07, 6.45) is 2.80. The number of hydrogen-bond acceptors (Lipinski definition) is 3. The average molecular weight is 294 g/mol. The zero-order valence-corrected chi connectivity index (χ0v) is 12.1. The van der Waals surface area contributed by atoms with Gasteiger partial charge in [-0.2, -0.15) is 0 Å². The molecule has 1 aromatic carbocycles. The topological polar surface area (TPSA) is 69.6 Å². The molecule has 0 unspecified atom stereocenters. The van der Waals surface area contributed by atoms with Crippen molar-refractivity contribution in [3.8, 4) is 0 Å². The van der Waals surface area contributed by atoms with E-state index in [1.165, 1.54) is 12.1 Å². The van der Waals surface area contributed by atoms with E-state index in [0.717, 1.165) is 31.2 Å². The van der Waals surface area contributed by atoms with Crippen LogP contribution in [0.2, 0.25) is 0 Å². The second-order valence-corrected chi connectivity index (χ2v) is 4.82. The molecule has 0 saturated heterocycles. The van der Waals surface area contributed by atoms with E-state index in [2.05, 4.69) is 5.32 Å². The largest absolute Gasteiger partial charge is 0.478 e. The Balaban J connectivity index is 2.62. The lowest BCUT2D eigenvalue weighted by Gasteiger charge is -2.10. The van der Waals surface area contributed by atoms with Gasteiger partial charge in [0.2, 0.25) is 0 Å². The number of aliphatic carboxylic acids is 1. The molecule has 1 amide bonds. The van der Waals surface area contributed by atoms with Gasteiger partial charge in [-0.15, -0.1) is 0 Å². The van der Waals surface area contributed by atoms with Crippen LogP contribution in [0.25, 0.3) is 6.08 Å². The maximum absolute atomic E-state index is 13.7. The van der Waals surface area contributed by atoms with Gasteiger partial charge >= 0.3 is 5.97 Å². The zero-order chi connectivity index (χ0) is 15.8. The fraction of sp³-hybridized carbons (Fsp3) is 0.333. The van der Waals surface area contributed by atoms with Crippen LogP contribution in [0.3, 0.4) is 0 Å². The molecule has 0 fully saturated rings. The van der Waals surface area contributed by atoms with Crippen LogP contribution in [-0.2, 0) is 4.79 Å². The number of carbonyl (C=O) groups is 2. The summed E-state index contributed by atoms with van der Waals surface area (Å²) >= 11 is 0. The van der Waals surface area contributed by atoms with Crippen LogP contribution < -0.4 is 5.32 Å². The Kier molecular flexibility index (Phi) is 6.55. The maximum Gasteiger partial charge on any atom is 0.328 e. The molecule has 0 aliphatic carbocycles. The van der Waals surface area contributed by atoms with E-state index >= 15 is 0 Å². The fourth-order valence-corrected chi connectivity index (χ4v) is 1.66. The molecule has 1 aromatic rings. The van der Waals surface area contributed by atoms with Crippen LogP contribution in [0.4, 0.5) is 4.39 Å². The third kappa shape index (κ3) is 6.18. The highest BCUT2D eigenvalue weighted by Crippen LogP contribution is 2.12. The first-order valence-electron chi connectivity index (χ1n) is 6.53. The number of hydrogen-bond donors (Lipinski definition) is 2. The van der Waals surface area contributed by atoms with Gasteiger partial charge in [-0.3, -0.25) is 4.79 Å². The molecule has 2 N–H and O–H groups in total. The van der Waals surface area contributed by atoms with Gasteiger partial charge in [-0.25, -0.2) is 9.18 Å². The first-order valence-corrected chi connectivity index (χ1v) is 6.53. The summed E-state index contributed by atoms with van der Waals surface area (Å²) in [6.45, 7) is 1.37. The number of carbonyl (C=O) groups excluding carboxylic acids is 1. The van der Waals surface area contributed by atoms with Gasteiger partial charge in [0.25, 0.3) is 5.91 Å². The van der Waals surface area contributed by atoms with Gasteiger partial charge in [0.05, 0.1) is 0 Å². The van der Waals surface area contributed by atoms with E-state index in [1.54, 1.807) is 0 Å². The number of nitrogens with one attached hydrogen (secondary N) is 1. The number of nitrogens with zero attached hydrogens (tertiary/aromatic N) is 1. The number of carboxylic acids is 1. The molecule has 0 aliphatic rings. The molecule has 6 heteroatoms. The smallest absolute Gasteiger partial charge is 0.328 e. The molecule has 1 rings (SSSR count). The predicted octanol–water partition coefficient (Wildman–Crippen LogP) is 1.61. The molecule has 5 nitrogen and oxygen atoms in total. The van der Waals surface area contributed by atoms with Gasteiger partial charge in [-0.1, -0.05) is 6.07 Å². The van der Waals surface area contributed by atoms with E-state index in [4.69, 9.17) is 5.11 Å². The highest BCUT2D eigenvalue weighted by atomic mass is 19.1. The van der Waals surface area contributed by atoms with Crippen molar-refractivity contribution in [3.05, 3.63) is 41.2 Å². The van der Waals surface area contributed by atoms with Crippen molar-refractivity contribution in [2.24, 2.45) is 0 Å². The average Bonchev–Trinajstić information content (AvgIpc) is 2.41. The molecular formula is C15H19FN2O3. The maximum atomic E-state index is 13.7. The summed E-state index contributed by atoms with van der Waals surface area (Å²) in [6, 6.07) is 3.94. The summed E-state index contributed by atoms with van der Waals surface area (Å²) < 4.78 is 13.7. The molecule has 21 heavy (non-hydrogen) atoms. The number of rotatable bonds is 7. The zero-order valence-electron chi connectivity index (χ0n) is 12.1. The van der Waals surface area contributed by atoms with Crippen molar-refractivity contribution in [2.45, 2.75) is 6.42 Å². The first kappa shape index (κ1) is 16.8. The molecule has 0 saturated carbocycles. The van der Waals surface area contributed by atoms with Gasteiger partial charge < -0.3 is 15.3 Å². The Morgan fingerprint density at radius 2 is 2.10 bits per heavy atom. The Bertz CT molecular complexity index is 542. The van der Waals surface area contributed by atoms with Crippen LogP contribution in [0.5, 0.6) is 0 Å². The summed E-state index contributed by atoms with van der Waals surface area (Å²) in [5.41, 5.74) is 0.339. The molecule has 114 valence electrons. The molecule has 0 spiro atoms. The number of halogens is 1. The van der Waals surface area contributed by atoms with Crippen LogP contribution in [0, 0.1) is 5.82 Å². The van der Waals surface area contributed by atoms with Crippen molar-refractivity contribution in [1.82, 2.24) is 10.2 Å². The van der Waals surface area contributed by atoms with Gasteiger partial charge in [0.15, 0.2) is 0 Å². The standard InChI is InChI=1S/C15H19FN2O3/c1-18(2)9-3-8-17-15(21)12-5-4-11(13(16)10-12)6-7-14(19)20/h4-7,10H,3,8-9H2,1-2H3,(H,17,21)(H,19,20). The minimum atomic E-state index is -1.16. The van der Waals surface area contributed by atoms with Crippen molar-refractivity contribution in [1.29, 1.82) is 0 Å². The third-order valence-corrected chi connectivity index (χ3v) is 2.74. The van der Waals surface area contributed by atoms with E-state index in [0.29, 0.717) is 6.54 Å². The lowest BCUT2D eigenvalue weighted by atomic mass is 10.1. The SMILES string of the molecule is CN(C)CCCNC(=O)c1ccc(C=CC(=O)O)c(F)c1. The second kappa shape index (κ2) is 8.16. The normalized spacial score (nSPS) is 11.0. The van der Waals surface area contributed by atoms with Crippen LogP contribution in [0.15, 0.2) is 24.3 Å². The van der Waals surface area contributed by atoms with Gasteiger partial charge in [-0.05, 0) is 45.3 Å². The van der Waals surface area contributed by atoms with Crippen molar-refractivity contribution in [2.75, 3.05) is 27.2 Å². The van der Waals surface area contributed by atoms with E-state index in [1.807, 2.05) is 19.0 Å². The first-order chi connectivity index (χ1) is 9.90. The predicted molar refractivity (Wildman–Crippen MR) is 78.6 cm³/mol. The molecule has 0 atom stereocenters. The third-order valence-electron chi connectivity index (χ3n) is 2.74. The summed E-state index contributed by atoms with van der Waals surface area (Å²) in [5.74, 6) is -2.13. The fourth-order valence-electron chi connectivity index (χ4n) is 1.66. The summed E-state index contributed by atoms with van der Waals surface area (Å²) in [5, 5.41) is 11.2. The Morgan fingerprint density at radius 3 is 2.67 bits per heavy atom. The molecule has 0 heterocycles. The van der Waals surface area contributed by atoms with E-state index in [-0.39, 0.29) is 17.0 Å². The Labute approximate surface area is 123 Å². The monoisotopic (exact) mass is 294 g/mol. The van der Waals surface area contributed by atoms with E-state index < -0.39 is 11.8 Å². The molecule has 0 aromatic heterocycles. The minimum Gasteiger partial charge on any atom is -0.478 e. The number of amides is 1. The van der Waals surface area contributed by atoms with Crippen LogP contribution in [0.1, 0.15) is 22.3 Å². The number of carboxylic acid groups (broad SMARTS) is 1. The van der Waals surface area contributed by atoms with Crippen LogP contribution >= 0.6 is 0 Å². The minimum absolute atomic E-state index is 0.126. The van der Waals surface area contributed by atoms with Crippen LogP contribution in [-0.4, -0.2) is 49.1 Å². The second-order valence-electron chi connectivity index (χ2n) is 4.82. The summed E-state index contributed by atoms with van der Waals surface area (Å²) in [4.78, 5) is 24.2. The molecule has 0 radical (unpaired) electrons. The van der Waals surface area contributed by atoms with Crippen molar-refractivity contribution >= 4 is 18.0 Å². The van der Waals surface area contributed by atoms with Gasteiger partial charge in [0.1, 0.15) is 5.82 Å². The van der Waals surface area contributed by atoms with Crippen molar-refractivity contribution < 1.29 is 19.1 Å². The highest BCUT2D eigenvalue weighted by Gasteiger charge is 2.08. The lowest BCUT2D eigenvalue weighted by Crippen LogP contribution is -2.27. The Hall–Kier alpha value is -2.21. The Morgan fingerprint density at radius 1 is 1.38 bits per heavy atom. The number of benzene rings is 1. The molecular weight excluding hydrogens is 275 g/mol. The van der Waals surface area contributed by atoms with Gasteiger partial charge in [0, 0.05) is 23.7 Å². The highest BCUT2D eigenvalue weighted by molar-refractivity contribution is 5.94. The molecule has 0 bridgehead atoms. The lowest BCUT2D eigenvalue weighted by molar-refractivity contribution is -0.131. The van der Waals surface area contributed by atoms with Crippen molar-refractivity contribution in [3.63, 3.8) is 0 Å². The quantitative estimate of drug-likeness (QED) is 0.592.